The third kappa shape index (κ3) is 1.67. The Morgan fingerprint density at radius 1 is 1.05 bits per heavy atom. The van der Waals surface area contributed by atoms with Crippen LogP contribution in [0, 0.1) is 5.92 Å². The predicted octanol–water partition coefficient (Wildman–Crippen LogP) is 2.99. The average Bonchev–Trinajstić information content (AvgIpc) is 2.80. The molecule has 0 saturated carbocycles. The van der Waals surface area contributed by atoms with Crippen LogP contribution >= 0.6 is 0 Å². The second-order valence-electron chi connectivity index (χ2n) is 6.03. The first-order valence-corrected chi connectivity index (χ1v) is 7.35. The van der Waals surface area contributed by atoms with Gasteiger partial charge in [-0.3, -0.25) is 9.20 Å². The fourth-order valence-electron chi connectivity index (χ4n) is 3.25. The molecule has 104 valence electrons. The van der Waals surface area contributed by atoms with E-state index in [1.54, 1.807) is 6.07 Å². The molecule has 0 spiro atoms. The Labute approximate surface area is 122 Å². The summed E-state index contributed by atoms with van der Waals surface area (Å²) in [6.45, 7) is 5.36. The highest BCUT2D eigenvalue weighted by molar-refractivity contribution is 6.11. The molecule has 0 saturated heterocycles. The van der Waals surface area contributed by atoms with Crippen LogP contribution in [0.3, 0.4) is 0 Å². The van der Waals surface area contributed by atoms with Crippen LogP contribution in [-0.4, -0.2) is 4.40 Å². The number of nitrogens with zero attached hydrogens (tertiary/aromatic N) is 2. The number of aromatic nitrogens is 2. The van der Waals surface area contributed by atoms with Gasteiger partial charge in [0.25, 0.3) is 5.56 Å². The van der Waals surface area contributed by atoms with E-state index >= 15 is 0 Å². The molecular formula is C18H17N2O+. The lowest BCUT2D eigenvalue weighted by atomic mass is 10.1. The Kier molecular flexibility index (Phi) is 2.52. The van der Waals surface area contributed by atoms with E-state index in [0.717, 1.165) is 33.9 Å². The van der Waals surface area contributed by atoms with E-state index in [0.29, 0.717) is 5.92 Å². The van der Waals surface area contributed by atoms with Gasteiger partial charge < -0.3 is 0 Å². The zero-order valence-electron chi connectivity index (χ0n) is 12.2. The van der Waals surface area contributed by atoms with Crippen LogP contribution in [0.15, 0.2) is 53.5 Å². The summed E-state index contributed by atoms with van der Waals surface area (Å²) in [6.07, 6.45) is 2.13. The number of fused-ring (bicyclic) bond motifs is 3. The second-order valence-corrected chi connectivity index (χ2v) is 6.03. The van der Waals surface area contributed by atoms with Crippen molar-refractivity contribution in [2.24, 2.45) is 5.92 Å². The molecule has 0 radical (unpaired) electrons. The van der Waals surface area contributed by atoms with Gasteiger partial charge in [0.05, 0.1) is 5.52 Å². The molecule has 0 amide bonds. The zero-order valence-corrected chi connectivity index (χ0v) is 12.2. The van der Waals surface area contributed by atoms with Gasteiger partial charge >= 0.3 is 0 Å². The molecule has 21 heavy (non-hydrogen) atoms. The molecule has 3 heterocycles. The van der Waals surface area contributed by atoms with Crippen molar-refractivity contribution in [3.8, 4) is 0 Å². The Balaban J connectivity index is 2.26. The van der Waals surface area contributed by atoms with Crippen molar-refractivity contribution >= 4 is 27.3 Å². The van der Waals surface area contributed by atoms with E-state index in [-0.39, 0.29) is 5.56 Å². The van der Waals surface area contributed by atoms with Crippen molar-refractivity contribution in [1.82, 2.24) is 4.40 Å². The van der Waals surface area contributed by atoms with Gasteiger partial charge in [-0.1, -0.05) is 32.0 Å². The molecule has 0 aliphatic heterocycles. The third-order valence-corrected chi connectivity index (χ3v) is 4.05. The fourth-order valence-corrected chi connectivity index (χ4v) is 3.25. The molecule has 4 aromatic rings. The summed E-state index contributed by atoms with van der Waals surface area (Å²) in [5, 5.41) is 2.29. The molecule has 0 bridgehead atoms. The van der Waals surface area contributed by atoms with Crippen LogP contribution in [-0.2, 0) is 6.54 Å². The van der Waals surface area contributed by atoms with Crippen molar-refractivity contribution < 1.29 is 4.57 Å². The highest BCUT2D eigenvalue weighted by atomic mass is 16.1. The first-order valence-electron chi connectivity index (χ1n) is 7.35. The second kappa shape index (κ2) is 4.29. The molecule has 0 N–H and O–H groups in total. The monoisotopic (exact) mass is 277 g/mol. The fraction of sp³-hybridized carbons (Fsp3) is 0.222. The minimum Gasteiger partial charge on any atom is -0.270 e. The quantitative estimate of drug-likeness (QED) is 0.517. The Bertz CT molecular complexity index is 1010. The number of benzene rings is 1. The maximum absolute atomic E-state index is 12.3. The van der Waals surface area contributed by atoms with E-state index in [4.69, 9.17) is 0 Å². The maximum Gasteiger partial charge on any atom is 0.256 e. The van der Waals surface area contributed by atoms with Crippen molar-refractivity contribution in [3.63, 3.8) is 0 Å². The molecule has 0 atom stereocenters. The van der Waals surface area contributed by atoms with E-state index < -0.39 is 0 Å². The zero-order chi connectivity index (χ0) is 14.6. The van der Waals surface area contributed by atoms with Crippen molar-refractivity contribution in [3.05, 3.63) is 59.0 Å². The van der Waals surface area contributed by atoms with Crippen LogP contribution in [0.25, 0.3) is 27.3 Å². The summed E-state index contributed by atoms with van der Waals surface area (Å²) in [5.41, 5.74) is 3.19. The van der Waals surface area contributed by atoms with Crippen LogP contribution in [0.4, 0.5) is 0 Å². The molecule has 1 aromatic carbocycles. The lowest BCUT2D eigenvalue weighted by Crippen LogP contribution is -2.37. The molecule has 4 rings (SSSR count). The summed E-state index contributed by atoms with van der Waals surface area (Å²) in [7, 11) is 0. The van der Waals surface area contributed by atoms with Gasteiger partial charge in [0.1, 0.15) is 5.52 Å². The van der Waals surface area contributed by atoms with Crippen molar-refractivity contribution in [2.75, 3.05) is 0 Å². The molecule has 0 unspecified atom stereocenters. The van der Waals surface area contributed by atoms with E-state index in [1.165, 1.54) is 0 Å². The van der Waals surface area contributed by atoms with Crippen LogP contribution in [0.1, 0.15) is 13.8 Å². The molecule has 3 aromatic heterocycles. The van der Waals surface area contributed by atoms with Crippen LogP contribution < -0.4 is 10.1 Å². The minimum absolute atomic E-state index is 0.0380. The highest BCUT2D eigenvalue weighted by Crippen LogP contribution is 2.28. The number of hydrogen-bond donors (Lipinski definition) is 0. The SMILES string of the molecule is CC(C)C[n+]1ccc2c3ccccc3n3c(=O)ccc1c23. The molecule has 3 nitrogen and oxygen atoms in total. The normalized spacial score (nSPS) is 12.1. The third-order valence-electron chi connectivity index (χ3n) is 4.05. The Morgan fingerprint density at radius 2 is 1.86 bits per heavy atom. The lowest BCUT2D eigenvalue weighted by molar-refractivity contribution is -0.677. The number of para-hydroxylation sites is 1. The van der Waals surface area contributed by atoms with Crippen LogP contribution in [0.2, 0.25) is 0 Å². The van der Waals surface area contributed by atoms with Crippen LogP contribution in [0.5, 0.6) is 0 Å². The first-order chi connectivity index (χ1) is 10.2. The summed E-state index contributed by atoms with van der Waals surface area (Å²) >= 11 is 0. The van der Waals surface area contributed by atoms with E-state index in [1.807, 2.05) is 28.7 Å². The molecular weight excluding hydrogens is 260 g/mol. The van der Waals surface area contributed by atoms with Gasteiger partial charge in [0.15, 0.2) is 12.7 Å². The summed E-state index contributed by atoms with van der Waals surface area (Å²) < 4.78 is 4.09. The first kappa shape index (κ1) is 12.3. The topological polar surface area (TPSA) is 25.4 Å². The molecule has 3 heteroatoms. The number of pyridine rings is 2. The standard InChI is InChI=1S/C18H17N2O/c1-12(2)11-19-10-9-14-13-5-3-4-6-15(13)20-17(21)8-7-16(19)18(14)20/h3-10,12H,11H2,1-2H3/q+1. The molecule has 0 fully saturated rings. The molecule has 0 aliphatic rings. The maximum atomic E-state index is 12.3. The van der Waals surface area contributed by atoms with Gasteiger partial charge in [-0.2, -0.15) is 4.57 Å². The minimum atomic E-state index is 0.0380. The summed E-state index contributed by atoms with van der Waals surface area (Å²) in [5.74, 6) is 0.563. The van der Waals surface area contributed by atoms with Gasteiger partial charge in [-0.25, -0.2) is 0 Å². The lowest BCUT2D eigenvalue weighted by Gasteiger charge is -2.04. The van der Waals surface area contributed by atoms with Gasteiger partial charge in [0.2, 0.25) is 5.52 Å². The molecule has 0 aliphatic carbocycles. The summed E-state index contributed by atoms with van der Waals surface area (Å²) in [4.78, 5) is 12.3. The van der Waals surface area contributed by atoms with Gasteiger partial charge in [0, 0.05) is 34.9 Å². The summed E-state index contributed by atoms with van der Waals surface area (Å²) in [6, 6.07) is 13.9. The largest absolute Gasteiger partial charge is 0.270 e. The van der Waals surface area contributed by atoms with Gasteiger partial charge in [-0.05, 0) is 6.07 Å². The van der Waals surface area contributed by atoms with Crippen molar-refractivity contribution in [1.29, 1.82) is 0 Å². The smallest absolute Gasteiger partial charge is 0.256 e. The average molecular weight is 277 g/mol. The predicted molar refractivity (Wildman–Crippen MR) is 84.9 cm³/mol. The highest BCUT2D eigenvalue weighted by Gasteiger charge is 2.19. The van der Waals surface area contributed by atoms with E-state index in [9.17, 15) is 4.79 Å². The van der Waals surface area contributed by atoms with E-state index in [2.05, 4.69) is 36.7 Å². The van der Waals surface area contributed by atoms with Crippen molar-refractivity contribution in [2.45, 2.75) is 20.4 Å². The Morgan fingerprint density at radius 3 is 2.67 bits per heavy atom. The number of hydrogen-bond acceptors (Lipinski definition) is 1. The van der Waals surface area contributed by atoms with Gasteiger partial charge in [-0.15, -0.1) is 0 Å². The number of rotatable bonds is 2. The Hall–Kier alpha value is -2.42.